The van der Waals surface area contributed by atoms with Crippen LogP contribution in [0.1, 0.15) is 15.9 Å². The summed E-state index contributed by atoms with van der Waals surface area (Å²) in [7, 11) is 0. The maximum atomic E-state index is 11.9. The molecule has 0 saturated heterocycles. The molecular formula is C16H14ClN3O3. The molecule has 0 aromatic heterocycles. The molecule has 0 heterocycles. The Labute approximate surface area is 137 Å². The Morgan fingerprint density at radius 1 is 1.00 bits per heavy atom. The lowest BCUT2D eigenvalue weighted by molar-refractivity contribution is -0.135. The molecule has 3 amide bonds. The lowest BCUT2D eigenvalue weighted by Crippen LogP contribution is -2.39. The first-order valence-corrected chi connectivity index (χ1v) is 7.03. The Hall–Kier alpha value is -2.86. The van der Waals surface area contributed by atoms with Gasteiger partial charge in [-0.1, -0.05) is 17.7 Å². The van der Waals surface area contributed by atoms with Crippen LogP contribution in [0.3, 0.4) is 0 Å². The van der Waals surface area contributed by atoms with Gasteiger partial charge in [-0.15, -0.1) is 0 Å². The van der Waals surface area contributed by atoms with E-state index in [0.717, 1.165) is 0 Å². The molecule has 2 aromatic carbocycles. The SMILES string of the molecule is Cc1c(Cl)cccc1NC(=O)C(=O)NC(=O)c1ccc(N)cc1. The summed E-state index contributed by atoms with van der Waals surface area (Å²) in [6, 6.07) is 10.9. The van der Waals surface area contributed by atoms with E-state index in [-0.39, 0.29) is 5.56 Å². The molecule has 0 bridgehead atoms. The maximum Gasteiger partial charge on any atom is 0.316 e. The molecule has 0 aliphatic carbocycles. The van der Waals surface area contributed by atoms with E-state index in [0.29, 0.717) is 22.0 Å². The molecule has 4 N–H and O–H groups in total. The van der Waals surface area contributed by atoms with E-state index in [9.17, 15) is 14.4 Å². The lowest BCUT2D eigenvalue weighted by Gasteiger charge is -2.09. The van der Waals surface area contributed by atoms with Crippen molar-refractivity contribution in [3.8, 4) is 0 Å². The molecule has 6 nitrogen and oxygen atoms in total. The molecule has 0 aliphatic heterocycles. The molecule has 0 aliphatic rings. The van der Waals surface area contributed by atoms with Crippen LogP contribution < -0.4 is 16.4 Å². The molecule has 2 aromatic rings. The molecule has 118 valence electrons. The van der Waals surface area contributed by atoms with Crippen LogP contribution in [0, 0.1) is 6.92 Å². The first-order valence-electron chi connectivity index (χ1n) is 6.66. The molecule has 2 rings (SSSR count). The molecule has 0 atom stereocenters. The second-order valence-electron chi connectivity index (χ2n) is 4.77. The molecule has 23 heavy (non-hydrogen) atoms. The van der Waals surface area contributed by atoms with Crippen LogP contribution in [0.2, 0.25) is 5.02 Å². The van der Waals surface area contributed by atoms with Gasteiger partial charge in [0.25, 0.3) is 5.91 Å². The number of nitrogens with two attached hydrogens (primary N) is 1. The van der Waals surface area contributed by atoms with Crippen molar-refractivity contribution in [1.82, 2.24) is 5.32 Å². The Morgan fingerprint density at radius 2 is 1.65 bits per heavy atom. The summed E-state index contributed by atoms with van der Waals surface area (Å²) in [6.07, 6.45) is 0. The number of hydrogen-bond donors (Lipinski definition) is 3. The highest BCUT2D eigenvalue weighted by molar-refractivity contribution is 6.42. The van der Waals surface area contributed by atoms with Crippen LogP contribution >= 0.6 is 11.6 Å². The van der Waals surface area contributed by atoms with Gasteiger partial charge in [0.2, 0.25) is 0 Å². The molecule has 0 unspecified atom stereocenters. The number of hydrogen-bond acceptors (Lipinski definition) is 4. The summed E-state index contributed by atoms with van der Waals surface area (Å²) in [5, 5.41) is 4.87. The number of nitrogens with one attached hydrogen (secondary N) is 2. The summed E-state index contributed by atoms with van der Waals surface area (Å²) in [4.78, 5) is 35.5. The fourth-order valence-corrected chi connectivity index (χ4v) is 1.96. The quantitative estimate of drug-likeness (QED) is 0.579. The number of halogens is 1. The smallest absolute Gasteiger partial charge is 0.316 e. The summed E-state index contributed by atoms with van der Waals surface area (Å²) < 4.78 is 0. The zero-order valence-electron chi connectivity index (χ0n) is 12.2. The summed E-state index contributed by atoms with van der Waals surface area (Å²) >= 11 is 5.94. The first-order chi connectivity index (χ1) is 10.9. The second-order valence-corrected chi connectivity index (χ2v) is 5.18. The molecular weight excluding hydrogens is 318 g/mol. The standard InChI is InChI=1S/C16H14ClN3O3/c1-9-12(17)3-2-4-13(9)19-15(22)16(23)20-14(21)10-5-7-11(18)8-6-10/h2-8H,18H2,1H3,(H,19,22)(H,20,21,23). The number of amides is 3. The minimum atomic E-state index is -1.06. The highest BCUT2D eigenvalue weighted by Crippen LogP contribution is 2.22. The number of rotatable bonds is 2. The highest BCUT2D eigenvalue weighted by Gasteiger charge is 2.18. The number of anilines is 2. The van der Waals surface area contributed by atoms with Crippen LogP contribution in [0.25, 0.3) is 0 Å². The van der Waals surface area contributed by atoms with Crippen molar-refractivity contribution < 1.29 is 14.4 Å². The van der Waals surface area contributed by atoms with Gasteiger partial charge in [-0.2, -0.15) is 0 Å². The van der Waals surface area contributed by atoms with E-state index in [4.69, 9.17) is 17.3 Å². The van der Waals surface area contributed by atoms with Gasteiger partial charge in [0.05, 0.1) is 0 Å². The number of carbonyl (C=O) groups is 3. The van der Waals surface area contributed by atoms with Gasteiger partial charge in [-0.25, -0.2) is 0 Å². The first kappa shape index (κ1) is 16.5. The predicted octanol–water partition coefficient (Wildman–Crippen LogP) is 2.13. The van der Waals surface area contributed by atoms with Gasteiger partial charge in [0, 0.05) is 22.0 Å². The van der Waals surface area contributed by atoms with Crippen molar-refractivity contribution in [1.29, 1.82) is 0 Å². The molecule has 0 spiro atoms. The number of benzene rings is 2. The maximum absolute atomic E-state index is 11.9. The van der Waals surface area contributed by atoms with Gasteiger partial charge in [-0.3, -0.25) is 19.7 Å². The highest BCUT2D eigenvalue weighted by atomic mass is 35.5. The van der Waals surface area contributed by atoms with Gasteiger partial charge < -0.3 is 11.1 Å². The number of carbonyl (C=O) groups excluding carboxylic acids is 3. The van der Waals surface area contributed by atoms with Crippen LogP contribution in [-0.2, 0) is 9.59 Å². The second kappa shape index (κ2) is 6.93. The third kappa shape index (κ3) is 4.08. The van der Waals surface area contributed by atoms with Crippen molar-refractivity contribution in [3.05, 3.63) is 58.6 Å². The fraction of sp³-hybridized carbons (Fsp3) is 0.0625. The summed E-state index contributed by atoms with van der Waals surface area (Å²) in [5.74, 6) is -2.71. The average Bonchev–Trinajstić information content (AvgIpc) is 2.52. The molecule has 7 heteroatoms. The van der Waals surface area contributed by atoms with E-state index in [1.54, 1.807) is 25.1 Å². The van der Waals surface area contributed by atoms with Gasteiger partial charge in [0.15, 0.2) is 0 Å². The van der Waals surface area contributed by atoms with Crippen molar-refractivity contribution in [3.63, 3.8) is 0 Å². The van der Waals surface area contributed by atoms with Crippen molar-refractivity contribution in [2.24, 2.45) is 0 Å². The van der Waals surface area contributed by atoms with E-state index >= 15 is 0 Å². The largest absolute Gasteiger partial charge is 0.399 e. The van der Waals surface area contributed by atoms with Crippen molar-refractivity contribution >= 4 is 40.7 Å². The van der Waals surface area contributed by atoms with E-state index in [1.807, 2.05) is 5.32 Å². The Balaban J connectivity index is 2.02. The third-order valence-electron chi connectivity index (χ3n) is 3.12. The monoisotopic (exact) mass is 331 g/mol. The topological polar surface area (TPSA) is 101 Å². The van der Waals surface area contributed by atoms with E-state index in [2.05, 4.69) is 5.32 Å². The lowest BCUT2D eigenvalue weighted by atomic mass is 10.2. The normalized spacial score (nSPS) is 10.0. The minimum Gasteiger partial charge on any atom is -0.399 e. The van der Waals surface area contributed by atoms with Gasteiger partial charge in [-0.05, 0) is 48.9 Å². The predicted molar refractivity (Wildman–Crippen MR) is 88.1 cm³/mol. The summed E-state index contributed by atoms with van der Waals surface area (Å²) in [6.45, 7) is 1.70. The Bertz CT molecular complexity index is 773. The number of imide groups is 1. The van der Waals surface area contributed by atoms with Crippen LogP contribution in [-0.4, -0.2) is 17.7 Å². The third-order valence-corrected chi connectivity index (χ3v) is 3.53. The molecule has 0 fully saturated rings. The van der Waals surface area contributed by atoms with Crippen molar-refractivity contribution in [2.45, 2.75) is 6.92 Å². The Kier molecular flexibility index (Phi) is 4.98. The van der Waals surface area contributed by atoms with Crippen LogP contribution in [0.4, 0.5) is 11.4 Å². The van der Waals surface area contributed by atoms with Crippen LogP contribution in [0.5, 0.6) is 0 Å². The zero-order chi connectivity index (χ0) is 17.0. The summed E-state index contributed by atoms with van der Waals surface area (Å²) in [5.41, 5.74) is 7.25. The fourth-order valence-electron chi connectivity index (χ4n) is 1.79. The average molecular weight is 332 g/mol. The van der Waals surface area contributed by atoms with Gasteiger partial charge in [0.1, 0.15) is 0 Å². The van der Waals surface area contributed by atoms with E-state index in [1.165, 1.54) is 24.3 Å². The van der Waals surface area contributed by atoms with Gasteiger partial charge >= 0.3 is 11.8 Å². The minimum absolute atomic E-state index is 0.222. The Morgan fingerprint density at radius 3 is 2.30 bits per heavy atom. The van der Waals surface area contributed by atoms with E-state index < -0.39 is 17.7 Å². The number of nitrogen functional groups attached to an aromatic ring is 1. The molecule has 0 radical (unpaired) electrons. The zero-order valence-corrected chi connectivity index (χ0v) is 13.0. The molecule has 0 saturated carbocycles. The van der Waals surface area contributed by atoms with Crippen molar-refractivity contribution in [2.75, 3.05) is 11.1 Å². The van der Waals surface area contributed by atoms with Crippen LogP contribution in [0.15, 0.2) is 42.5 Å².